The maximum Gasteiger partial charge on any atom is 0.343 e. The summed E-state index contributed by atoms with van der Waals surface area (Å²) < 4.78 is 8.08. The van der Waals surface area contributed by atoms with E-state index in [4.69, 9.17) is 4.74 Å². The quantitative estimate of drug-likeness (QED) is 0.264. The van der Waals surface area contributed by atoms with Crippen LogP contribution in [-0.2, 0) is 12.0 Å². The molecule has 2 heterocycles. The fourth-order valence-corrected chi connectivity index (χ4v) is 5.00. The molecule has 0 aliphatic carbocycles. The molecule has 1 aliphatic heterocycles. The van der Waals surface area contributed by atoms with E-state index in [1.807, 2.05) is 30.3 Å². The van der Waals surface area contributed by atoms with Crippen molar-refractivity contribution in [3.05, 3.63) is 101 Å². The zero-order valence-corrected chi connectivity index (χ0v) is 20.9. The third-order valence-corrected chi connectivity index (χ3v) is 7.06. The molecule has 4 aromatic rings. The van der Waals surface area contributed by atoms with Crippen LogP contribution in [0.3, 0.4) is 0 Å². The molecule has 0 spiro atoms. The molecule has 35 heavy (non-hydrogen) atoms. The number of hydrogen-bond donors (Lipinski definition) is 1. The first-order valence-corrected chi connectivity index (χ1v) is 12.6. The van der Waals surface area contributed by atoms with Crippen molar-refractivity contribution in [2.45, 2.75) is 51.5 Å². The lowest BCUT2D eigenvalue weighted by Crippen LogP contribution is -2.26. The van der Waals surface area contributed by atoms with Gasteiger partial charge in [-0.15, -0.1) is 0 Å². The second-order valence-corrected chi connectivity index (χ2v) is 10.6. The summed E-state index contributed by atoms with van der Waals surface area (Å²) in [6.07, 6.45) is 4.61. The van der Waals surface area contributed by atoms with Crippen LogP contribution in [-0.4, -0.2) is 23.6 Å². The number of benzene rings is 3. The van der Waals surface area contributed by atoms with Crippen molar-refractivity contribution in [3.63, 3.8) is 0 Å². The molecule has 180 valence electrons. The van der Waals surface area contributed by atoms with Gasteiger partial charge in [0.1, 0.15) is 5.75 Å². The Hall–Kier alpha value is -3.37. The molecule has 1 aliphatic rings. The molecule has 0 saturated carbocycles. The van der Waals surface area contributed by atoms with Gasteiger partial charge in [-0.2, -0.15) is 0 Å². The third-order valence-electron chi connectivity index (χ3n) is 7.06. The summed E-state index contributed by atoms with van der Waals surface area (Å²) in [6, 6.07) is 24.2. The van der Waals surface area contributed by atoms with Crippen LogP contribution in [0.15, 0.2) is 79.0 Å². The van der Waals surface area contributed by atoms with E-state index in [9.17, 15) is 4.79 Å². The van der Waals surface area contributed by atoms with Gasteiger partial charge in [0.2, 0.25) is 0 Å². The van der Waals surface area contributed by atoms with Gasteiger partial charge in [0.15, 0.2) is 0 Å². The maximum absolute atomic E-state index is 12.7. The van der Waals surface area contributed by atoms with Crippen LogP contribution < -0.4 is 10.1 Å². The highest BCUT2D eigenvalue weighted by molar-refractivity contribution is 5.92. The van der Waals surface area contributed by atoms with Gasteiger partial charge in [-0.05, 0) is 78.2 Å². The van der Waals surface area contributed by atoms with Crippen molar-refractivity contribution in [2.24, 2.45) is 0 Å². The number of carbonyl (C=O) groups is 1. The second kappa shape index (κ2) is 9.71. The molecule has 0 atom stereocenters. The van der Waals surface area contributed by atoms with E-state index in [1.54, 1.807) is 12.1 Å². The summed E-state index contributed by atoms with van der Waals surface area (Å²) in [5, 5.41) is 4.73. The van der Waals surface area contributed by atoms with E-state index in [0.717, 1.165) is 38.0 Å². The molecule has 0 radical (unpaired) electrons. The predicted octanol–water partition coefficient (Wildman–Crippen LogP) is 6.67. The first kappa shape index (κ1) is 23.4. The monoisotopic (exact) mass is 466 g/mol. The van der Waals surface area contributed by atoms with E-state index in [1.165, 1.54) is 22.1 Å². The lowest BCUT2D eigenvalue weighted by molar-refractivity contribution is 0.0735. The molecule has 1 fully saturated rings. The minimum atomic E-state index is -0.334. The Kier molecular flexibility index (Phi) is 6.48. The SMILES string of the molecule is CC(C)(C)c1ccc(Cn2cc(C3CCNCC3)c3ccc(OC(=O)c4ccccc4)cc32)cc1. The Morgan fingerprint density at radius 1 is 0.971 bits per heavy atom. The highest BCUT2D eigenvalue weighted by Gasteiger charge is 2.21. The van der Waals surface area contributed by atoms with Crippen molar-refractivity contribution in [1.29, 1.82) is 0 Å². The minimum absolute atomic E-state index is 0.137. The number of nitrogens with zero attached hydrogens (tertiary/aromatic N) is 1. The second-order valence-electron chi connectivity index (χ2n) is 10.6. The number of rotatable bonds is 5. The zero-order chi connectivity index (χ0) is 24.4. The number of fused-ring (bicyclic) bond motifs is 1. The van der Waals surface area contributed by atoms with Gasteiger partial charge >= 0.3 is 5.97 Å². The van der Waals surface area contributed by atoms with Gasteiger partial charge in [0, 0.05) is 24.2 Å². The lowest BCUT2D eigenvalue weighted by atomic mass is 9.87. The normalized spacial score (nSPS) is 14.8. The van der Waals surface area contributed by atoms with E-state index in [-0.39, 0.29) is 11.4 Å². The number of hydrogen-bond acceptors (Lipinski definition) is 3. The van der Waals surface area contributed by atoms with Crippen molar-refractivity contribution in [3.8, 4) is 5.75 Å². The van der Waals surface area contributed by atoms with Crippen molar-refractivity contribution >= 4 is 16.9 Å². The molecule has 1 aromatic heterocycles. The minimum Gasteiger partial charge on any atom is -0.423 e. The van der Waals surface area contributed by atoms with Gasteiger partial charge < -0.3 is 14.6 Å². The Morgan fingerprint density at radius 2 is 1.69 bits per heavy atom. The van der Waals surface area contributed by atoms with E-state index >= 15 is 0 Å². The summed E-state index contributed by atoms with van der Waals surface area (Å²) >= 11 is 0. The third kappa shape index (κ3) is 5.18. The summed E-state index contributed by atoms with van der Waals surface area (Å²) in [7, 11) is 0. The molecular formula is C31H34N2O2. The van der Waals surface area contributed by atoms with E-state index in [0.29, 0.717) is 17.2 Å². The van der Waals surface area contributed by atoms with Crippen molar-refractivity contribution < 1.29 is 9.53 Å². The first-order chi connectivity index (χ1) is 16.9. The Bertz CT molecular complexity index is 1310. The highest BCUT2D eigenvalue weighted by atomic mass is 16.5. The molecule has 0 amide bonds. The molecule has 0 unspecified atom stereocenters. The van der Waals surface area contributed by atoms with Crippen LogP contribution in [0.2, 0.25) is 0 Å². The van der Waals surface area contributed by atoms with Crippen molar-refractivity contribution in [1.82, 2.24) is 9.88 Å². The number of esters is 1. The van der Waals surface area contributed by atoms with Crippen LogP contribution in [0, 0.1) is 0 Å². The van der Waals surface area contributed by atoms with Gasteiger partial charge in [-0.3, -0.25) is 0 Å². The van der Waals surface area contributed by atoms with E-state index < -0.39 is 0 Å². The van der Waals surface area contributed by atoms with Gasteiger partial charge in [-0.1, -0.05) is 63.2 Å². The summed E-state index contributed by atoms with van der Waals surface area (Å²) in [5.74, 6) is 0.783. The Balaban J connectivity index is 1.49. The molecule has 1 N–H and O–H groups in total. The average molecular weight is 467 g/mol. The van der Waals surface area contributed by atoms with Crippen LogP contribution in [0.25, 0.3) is 10.9 Å². The fraction of sp³-hybridized carbons (Fsp3) is 0.323. The highest BCUT2D eigenvalue weighted by Crippen LogP contribution is 2.35. The lowest BCUT2D eigenvalue weighted by Gasteiger charge is -2.22. The van der Waals surface area contributed by atoms with E-state index in [2.05, 4.69) is 67.2 Å². The largest absolute Gasteiger partial charge is 0.423 e. The fourth-order valence-electron chi connectivity index (χ4n) is 5.00. The zero-order valence-electron chi connectivity index (χ0n) is 20.9. The molecule has 4 heteroatoms. The molecule has 4 nitrogen and oxygen atoms in total. The van der Waals surface area contributed by atoms with Crippen LogP contribution >= 0.6 is 0 Å². The van der Waals surface area contributed by atoms with Gasteiger partial charge in [0.25, 0.3) is 0 Å². The van der Waals surface area contributed by atoms with Gasteiger partial charge in [-0.25, -0.2) is 4.79 Å². The number of aromatic nitrogens is 1. The van der Waals surface area contributed by atoms with Crippen LogP contribution in [0.1, 0.15) is 66.6 Å². The standard InChI is InChI=1S/C31H34N2O2/c1-31(2,3)25-11-9-22(10-12-25)20-33-21-28(23-15-17-32-18-16-23)27-14-13-26(19-29(27)33)35-30(34)24-7-5-4-6-8-24/h4-14,19,21,23,32H,15-18,20H2,1-3H3. The molecular weight excluding hydrogens is 432 g/mol. The molecule has 1 saturated heterocycles. The smallest absolute Gasteiger partial charge is 0.343 e. The maximum atomic E-state index is 12.7. The topological polar surface area (TPSA) is 43.3 Å². The van der Waals surface area contributed by atoms with Crippen LogP contribution in [0.5, 0.6) is 5.75 Å². The predicted molar refractivity (Wildman–Crippen MR) is 142 cm³/mol. The van der Waals surface area contributed by atoms with Crippen molar-refractivity contribution in [2.75, 3.05) is 13.1 Å². The number of ether oxygens (including phenoxy) is 1. The Morgan fingerprint density at radius 3 is 2.37 bits per heavy atom. The van der Waals surface area contributed by atoms with Gasteiger partial charge in [0.05, 0.1) is 11.1 Å². The molecule has 5 rings (SSSR count). The first-order valence-electron chi connectivity index (χ1n) is 12.6. The summed E-state index contributed by atoms with van der Waals surface area (Å²) in [4.78, 5) is 12.7. The average Bonchev–Trinajstić information content (AvgIpc) is 3.22. The number of nitrogens with one attached hydrogen (secondary N) is 1. The van der Waals surface area contributed by atoms with Crippen LogP contribution in [0.4, 0.5) is 0 Å². The summed E-state index contributed by atoms with van der Waals surface area (Å²) in [6.45, 7) is 9.61. The molecule has 3 aromatic carbocycles. The number of carbonyl (C=O) groups excluding carboxylic acids is 1. The number of piperidine rings is 1. The molecule has 0 bridgehead atoms. The Labute approximate surface area is 207 Å². The summed E-state index contributed by atoms with van der Waals surface area (Å²) in [5.41, 5.74) is 5.80.